The monoisotopic (exact) mass is 541 g/mol. The van der Waals surface area contributed by atoms with Gasteiger partial charge in [0, 0.05) is 18.6 Å². The quantitative estimate of drug-likeness (QED) is 0.428. The van der Waals surface area contributed by atoms with E-state index in [4.69, 9.17) is 11.6 Å². The second kappa shape index (κ2) is 11.8. The molecule has 0 aromatic heterocycles. The molecule has 0 aliphatic rings. The second-order valence-corrected chi connectivity index (χ2v) is 11.4. The molecule has 1 atom stereocenters. The van der Waals surface area contributed by atoms with Crippen LogP contribution < -0.4 is 9.62 Å². The lowest BCUT2D eigenvalue weighted by atomic mass is 10.1. The van der Waals surface area contributed by atoms with Gasteiger partial charge in [0.1, 0.15) is 12.6 Å². The van der Waals surface area contributed by atoms with Crippen molar-refractivity contribution in [3.8, 4) is 0 Å². The maximum atomic E-state index is 13.8. The fourth-order valence-corrected chi connectivity index (χ4v) is 5.64. The first kappa shape index (κ1) is 28.2. The molecule has 0 saturated carbocycles. The van der Waals surface area contributed by atoms with Crippen molar-refractivity contribution in [3.63, 3.8) is 0 Å². The minimum absolute atomic E-state index is 0.0599. The molecule has 3 aromatic rings. The summed E-state index contributed by atoms with van der Waals surface area (Å²) < 4.78 is 28.8. The summed E-state index contributed by atoms with van der Waals surface area (Å²) in [7, 11) is -2.62. The van der Waals surface area contributed by atoms with Crippen molar-refractivity contribution in [3.05, 3.63) is 94.0 Å². The molecular formula is C28H32ClN3O4S. The van der Waals surface area contributed by atoms with Gasteiger partial charge in [-0.2, -0.15) is 0 Å². The van der Waals surface area contributed by atoms with Crippen molar-refractivity contribution in [1.29, 1.82) is 0 Å². The van der Waals surface area contributed by atoms with Gasteiger partial charge >= 0.3 is 0 Å². The highest BCUT2D eigenvalue weighted by molar-refractivity contribution is 7.92. The third kappa shape index (κ3) is 6.70. The number of amides is 2. The molecule has 37 heavy (non-hydrogen) atoms. The van der Waals surface area contributed by atoms with Crippen molar-refractivity contribution < 1.29 is 18.0 Å². The van der Waals surface area contributed by atoms with Crippen LogP contribution in [0.4, 0.5) is 5.69 Å². The zero-order valence-corrected chi connectivity index (χ0v) is 23.2. The van der Waals surface area contributed by atoms with Crippen LogP contribution in [0.1, 0.15) is 29.2 Å². The Kier molecular flexibility index (Phi) is 8.99. The number of anilines is 1. The number of nitrogens with zero attached hydrogens (tertiary/aromatic N) is 2. The Labute approximate surface area is 224 Å². The molecule has 0 unspecified atom stereocenters. The predicted molar refractivity (Wildman–Crippen MR) is 147 cm³/mol. The zero-order valence-electron chi connectivity index (χ0n) is 21.7. The summed E-state index contributed by atoms with van der Waals surface area (Å²) in [6, 6.07) is 18.1. The van der Waals surface area contributed by atoms with Crippen LogP contribution in [0.5, 0.6) is 0 Å². The van der Waals surface area contributed by atoms with E-state index in [2.05, 4.69) is 5.32 Å². The van der Waals surface area contributed by atoms with Gasteiger partial charge in [-0.25, -0.2) is 8.42 Å². The van der Waals surface area contributed by atoms with Crippen molar-refractivity contribution in [2.24, 2.45) is 0 Å². The van der Waals surface area contributed by atoms with Gasteiger partial charge in [0.2, 0.25) is 11.8 Å². The molecule has 0 bridgehead atoms. The molecule has 0 spiro atoms. The van der Waals surface area contributed by atoms with E-state index in [1.807, 2.05) is 38.1 Å². The minimum Gasteiger partial charge on any atom is -0.357 e. The lowest BCUT2D eigenvalue weighted by molar-refractivity contribution is -0.139. The first-order valence-corrected chi connectivity index (χ1v) is 13.7. The van der Waals surface area contributed by atoms with Crippen LogP contribution in [0.2, 0.25) is 5.02 Å². The maximum Gasteiger partial charge on any atom is 0.264 e. The number of likely N-dealkylation sites (N-methyl/N-ethyl adjacent to an activating group) is 1. The lowest BCUT2D eigenvalue weighted by Crippen LogP contribution is -2.50. The Balaban J connectivity index is 2.06. The molecule has 0 saturated heterocycles. The Morgan fingerprint density at radius 2 is 1.49 bits per heavy atom. The predicted octanol–water partition coefficient (Wildman–Crippen LogP) is 4.62. The van der Waals surface area contributed by atoms with Gasteiger partial charge in [-0.15, -0.1) is 0 Å². The number of rotatable bonds is 9. The number of sulfonamides is 1. The third-order valence-electron chi connectivity index (χ3n) is 6.20. The minimum atomic E-state index is -4.12. The number of aryl methyl sites for hydroxylation is 3. The summed E-state index contributed by atoms with van der Waals surface area (Å²) in [5.41, 5.74) is 3.73. The third-order valence-corrected chi connectivity index (χ3v) is 8.21. The molecule has 7 nitrogen and oxygen atoms in total. The lowest BCUT2D eigenvalue weighted by Gasteiger charge is -2.32. The molecule has 0 aliphatic heterocycles. The molecule has 3 aromatic carbocycles. The van der Waals surface area contributed by atoms with E-state index in [9.17, 15) is 18.0 Å². The molecule has 9 heteroatoms. The van der Waals surface area contributed by atoms with Crippen LogP contribution in [0, 0.1) is 20.8 Å². The topological polar surface area (TPSA) is 86.8 Å². The molecule has 0 radical (unpaired) electrons. The normalized spacial score (nSPS) is 12.1. The number of carbonyl (C=O) groups excluding carboxylic acids is 2. The van der Waals surface area contributed by atoms with E-state index < -0.39 is 28.5 Å². The standard InChI is InChI=1S/C28H32ClN3O4S/c1-19-6-10-23(11-7-19)17-31(22(4)28(34)30-5)27(33)18-32(26-15-12-24(29)16-21(26)3)37(35,36)25-13-8-20(2)9-14-25/h6-16,22H,17-18H2,1-5H3,(H,30,34)/t22-/m0/s1. The van der Waals surface area contributed by atoms with Crippen LogP contribution in [-0.4, -0.2) is 44.8 Å². The zero-order chi connectivity index (χ0) is 27.3. The van der Waals surface area contributed by atoms with Gasteiger partial charge in [0.05, 0.1) is 10.6 Å². The van der Waals surface area contributed by atoms with E-state index in [0.29, 0.717) is 16.3 Å². The molecule has 3 rings (SSSR count). The summed E-state index contributed by atoms with van der Waals surface area (Å²) in [5.74, 6) is -0.863. The van der Waals surface area contributed by atoms with Gasteiger partial charge in [0.15, 0.2) is 0 Å². The number of benzene rings is 3. The van der Waals surface area contributed by atoms with E-state index in [0.717, 1.165) is 21.0 Å². The van der Waals surface area contributed by atoms with Crippen molar-refractivity contribution in [2.45, 2.75) is 45.2 Å². The number of nitrogens with one attached hydrogen (secondary N) is 1. The highest BCUT2D eigenvalue weighted by Gasteiger charge is 2.33. The summed E-state index contributed by atoms with van der Waals surface area (Å²) >= 11 is 6.13. The first-order chi connectivity index (χ1) is 17.4. The molecular weight excluding hydrogens is 510 g/mol. The van der Waals surface area contributed by atoms with Gasteiger partial charge in [-0.1, -0.05) is 59.1 Å². The van der Waals surface area contributed by atoms with Crippen LogP contribution in [0.25, 0.3) is 0 Å². The maximum absolute atomic E-state index is 13.8. The van der Waals surface area contributed by atoms with Crippen LogP contribution in [0.3, 0.4) is 0 Å². The number of carbonyl (C=O) groups is 2. The summed E-state index contributed by atoms with van der Waals surface area (Å²) in [6.07, 6.45) is 0. The highest BCUT2D eigenvalue weighted by atomic mass is 35.5. The van der Waals surface area contributed by atoms with E-state index >= 15 is 0 Å². The smallest absolute Gasteiger partial charge is 0.264 e. The SMILES string of the molecule is CNC(=O)[C@H](C)N(Cc1ccc(C)cc1)C(=O)CN(c1ccc(Cl)cc1C)S(=O)(=O)c1ccc(C)cc1. The van der Waals surface area contributed by atoms with Gasteiger partial charge < -0.3 is 10.2 Å². The fraction of sp³-hybridized carbons (Fsp3) is 0.286. The van der Waals surface area contributed by atoms with Gasteiger partial charge in [-0.3, -0.25) is 13.9 Å². The summed E-state index contributed by atoms with van der Waals surface area (Å²) in [5, 5.41) is 3.03. The fourth-order valence-electron chi connectivity index (χ4n) is 3.93. The molecule has 196 valence electrons. The van der Waals surface area contributed by atoms with Crippen molar-refractivity contribution in [2.75, 3.05) is 17.9 Å². The Morgan fingerprint density at radius 3 is 2.03 bits per heavy atom. The number of hydrogen-bond acceptors (Lipinski definition) is 4. The Morgan fingerprint density at radius 1 is 0.919 bits per heavy atom. The molecule has 0 fully saturated rings. The van der Waals surface area contributed by atoms with Gasteiger partial charge in [0.25, 0.3) is 10.0 Å². The molecule has 1 N–H and O–H groups in total. The summed E-state index contributed by atoms with van der Waals surface area (Å²) in [4.78, 5) is 27.8. The summed E-state index contributed by atoms with van der Waals surface area (Å²) in [6.45, 7) is 6.84. The second-order valence-electron chi connectivity index (χ2n) is 9.05. The van der Waals surface area contributed by atoms with Crippen LogP contribution in [0.15, 0.2) is 71.6 Å². The van der Waals surface area contributed by atoms with Crippen LogP contribution in [-0.2, 0) is 26.2 Å². The number of halogens is 1. The van der Waals surface area contributed by atoms with Crippen molar-refractivity contribution in [1.82, 2.24) is 10.2 Å². The largest absolute Gasteiger partial charge is 0.357 e. The van der Waals surface area contributed by atoms with Crippen LogP contribution >= 0.6 is 11.6 Å². The highest BCUT2D eigenvalue weighted by Crippen LogP contribution is 2.29. The number of hydrogen-bond donors (Lipinski definition) is 1. The van der Waals surface area contributed by atoms with Gasteiger partial charge in [-0.05, 0) is 69.2 Å². The molecule has 2 amide bonds. The molecule has 0 heterocycles. The molecule has 0 aliphatic carbocycles. The Bertz CT molecular complexity index is 1370. The van der Waals surface area contributed by atoms with E-state index in [1.54, 1.807) is 44.2 Å². The van der Waals surface area contributed by atoms with E-state index in [-0.39, 0.29) is 17.3 Å². The Hall–Kier alpha value is -3.36. The van der Waals surface area contributed by atoms with E-state index in [1.165, 1.54) is 24.1 Å². The average molecular weight is 542 g/mol. The van der Waals surface area contributed by atoms with Crippen molar-refractivity contribution >= 4 is 39.1 Å². The first-order valence-electron chi connectivity index (χ1n) is 11.9. The average Bonchev–Trinajstić information content (AvgIpc) is 2.86.